The Bertz CT molecular complexity index is 806. The minimum atomic E-state index is -0.344. The normalized spacial score (nSPS) is 10.8. The number of anilines is 1. The largest absolute Gasteiger partial charge is 0.401 e. The number of aromatic nitrogens is 4. The lowest BCUT2D eigenvalue weighted by molar-refractivity contribution is 0.102. The number of thiophene rings is 1. The summed E-state index contributed by atoms with van der Waals surface area (Å²) in [5.74, 6) is -0.0547. The van der Waals surface area contributed by atoms with Crippen LogP contribution in [0.2, 0.25) is 4.34 Å². The van der Waals surface area contributed by atoms with Crippen LogP contribution in [0, 0.1) is 6.92 Å². The Morgan fingerprint density at radius 3 is 2.86 bits per heavy atom. The van der Waals surface area contributed by atoms with Crippen molar-refractivity contribution in [1.82, 2.24) is 20.0 Å². The van der Waals surface area contributed by atoms with E-state index >= 15 is 0 Å². The molecule has 0 saturated heterocycles. The lowest BCUT2D eigenvalue weighted by Gasteiger charge is -1.96. The number of halogens is 1. The van der Waals surface area contributed by atoms with Gasteiger partial charge in [0.05, 0.1) is 14.9 Å². The van der Waals surface area contributed by atoms with Crippen LogP contribution in [0.4, 0.5) is 6.01 Å². The van der Waals surface area contributed by atoms with E-state index in [0.29, 0.717) is 14.9 Å². The molecule has 0 aliphatic rings. The van der Waals surface area contributed by atoms with E-state index in [1.54, 1.807) is 23.9 Å². The lowest BCUT2D eigenvalue weighted by Crippen LogP contribution is -2.10. The molecule has 0 aliphatic heterocycles. The Kier molecular flexibility index (Phi) is 3.48. The van der Waals surface area contributed by atoms with Crippen molar-refractivity contribution in [2.24, 2.45) is 7.05 Å². The molecule has 0 bridgehead atoms. The Balaban J connectivity index is 1.79. The second kappa shape index (κ2) is 5.30. The van der Waals surface area contributed by atoms with Crippen molar-refractivity contribution in [1.29, 1.82) is 0 Å². The number of carbonyl (C=O) groups excluding carboxylic acids is 1. The van der Waals surface area contributed by atoms with Gasteiger partial charge < -0.3 is 4.42 Å². The summed E-state index contributed by atoms with van der Waals surface area (Å²) in [6.07, 6.45) is 0. The third kappa shape index (κ3) is 2.81. The van der Waals surface area contributed by atoms with Gasteiger partial charge in [0.1, 0.15) is 5.69 Å². The summed E-state index contributed by atoms with van der Waals surface area (Å²) >= 11 is 6.96. The fourth-order valence-electron chi connectivity index (χ4n) is 1.78. The number of amides is 1. The second-order valence-electron chi connectivity index (χ2n) is 4.26. The zero-order valence-corrected chi connectivity index (χ0v) is 12.7. The first-order valence-corrected chi connectivity index (χ1v) is 7.13. The van der Waals surface area contributed by atoms with E-state index in [2.05, 4.69) is 20.6 Å². The number of nitrogens with zero attached hydrogens (tertiary/aromatic N) is 4. The molecular formula is C12H10ClN5O2S. The van der Waals surface area contributed by atoms with Gasteiger partial charge in [-0.1, -0.05) is 16.7 Å². The average molecular weight is 324 g/mol. The standard InChI is InChI=1S/C12H10ClN5O2S/c1-6-5-7(18(2)17-6)11-15-16-12(20-11)14-10(19)8-3-4-9(13)21-8/h3-5H,1-2H3,(H,14,16,19). The van der Waals surface area contributed by atoms with Gasteiger partial charge in [-0.3, -0.25) is 14.8 Å². The van der Waals surface area contributed by atoms with E-state index in [1.165, 1.54) is 11.3 Å². The summed E-state index contributed by atoms with van der Waals surface area (Å²) < 4.78 is 7.59. The fraction of sp³-hybridized carbons (Fsp3) is 0.167. The molecule has 0 unspecified atom stereocenters. The number of aryl methyl sites for hydroxylation is 2. The zero-order chi connectivity index (χ0) is 15.0. The van der Waals surface area contributed by atoms with E-state index in [4.69, 9.17) is 16.0 Å². The number of rotatable bonds is 3. The van der Waals surface area contributed by atoms with Gasteiger partial charge in [-0.15, -0.1) is 16.4 Å². The fourth-order valence-corrected chi connectivity index (χ4v) is 2.72. The van der Waals surface area contributed by atoms with Crippen LogP contribution in [0.5, 0.6) is 0 Å². The maximum Gasteiger partial charge on any atom is 0.322 e. The van der Waals surface area contributed by atoms with E-state index in [9.17, 15) is 4.79 Å². The smallest absolute Gasteiger partial charge is 0.322 e. The predicted octanol–water partition coefficient (Wildman–Crippen LogP) is 2.75. The minimum Gasteiger partial charge on any atom is -0.401 e. The van der Waals surface area contributed by atoms with Crippen molar-refractivity contribution >= 4 is 34.9 Å². The Labute approximate surface area is 128 Å². The Morgan fingerprint density at radius 2 is 2.24 bits per heavy atom. The van der Waals surface area contributed by atoms with Crippen LogP contribution in [0.15, 0.2) is 22.6 Å². The SMILES string of the molecule is Cc1cc(-c2nnc(NC(=O)c3ccc(Cl)s3)o2)n(C)n1. The molecule has 0 spiro atoms. The van der Waals surface area contributed by atoms with E-state index in [0.717, 1.165) is 5.69 Å². The second-order valence-corrected chi connectivity index (χ2v) is 5.98. The van der Waals surface area contributed by atoms with Gasteiger partial charge in [0.15, 0.2) is 0 Å². The molecule has 3 rings (SSSR count). The zero-order valence-electron chi connectivity index (χ0n) is 11.1. The molecule has 0 aliphatic carbocycles. The van der Waals surface area contributed by atoms with Crippen molar-refractivity contribution in [3.8, 4) is 11.6 Å². The van der Waals surface area contributed by atoms with Crippen molar-refractivity contribution in [2.75, 3.05) is 5.32 Å². The highest BCUT2D eigenvalue weighted by atomic mass is 35.5. The highest BCUT2D eigenvalue weighted by molar-refractivity contribution is 7.18. The summed E-state index contributed by atoms with van der Waals surface area (Å²) in [5.41, 5.74) is 1.52. The van der Waals surface area contributed by atoms with E-state index in [1.807, 2.05) is 13.0 Å². The summed E-state index contributed by atoms with van der Waals surface area (Å²) in [5, 5.41) is 14.4. The minimum absolute atomic E-state index is 0.0263. The molecule has 3 aromatic heterocycles. The van der Waals surface area contributed by atoms with Crippen LogP contribution < -0.4 is 5.32 Å². The van der Waals surface area contributed by atoms with Gasteiger partial charge in [-0.2, -0.15) is 5.10 Å². The van der Waals surface area contributed by atoms with Crippen LogP contribution in [-0.4, -0.2) is 25.9 Å². The van der Waals surface area contributed by atoms with Gasteiger partial charge in [0, 0.05) is 7.05 Å². The molecule has 3 heterocycles. The molecule has 0 atom stereocenters. The third-order valence-corrected chi connectivity index (χ3v) is 3.89. The molecule has 0 saturated carbocycles. The summed E-state index contributed by atoms with van der Waals surface area (Å²) in [7, 11) is 1.78. The average Bonchev–Trinajstić information content (AvgIpc) is 3.10. The Morgan fingerprint density at radius 1 is 1.43 bits per heavy atom. The first kappa shape index (κ1) is 13.8. The quantitative estimate of drug-likeness (QED) is 0.801. The van der Waals surface area contributed by atoms with Gasteiger partial charge in [0.25, 0.3) is 11.8 Å². The first-order valence-electron chi connectivity index (χ1n) is 5.94. The summed E-state index contributed by atoms with van der Waals surface area (Å²) in [6.45, 7) is 1.86. The lowest BCUT2D eigenvalue weighted by atomic mass is 10.4. The van der Waals surface area contributed by atoms with Crippen LogP contribution >= 0.6 is 22.9 Å². The molecule has 7 nitrogen and oxygen atoms in total. The molecule has 0 fully saturated rings. The third-order valence-electron chi connectivity index (χ3n) is 2.66. The number of carbonyl (C=O) groups is 1. The molecule has 3 aromatic rings. The van der Waals surface area contributed by atoms with Crippen molar-refractivity contribution < 1.29 is 9.21 Å². The molecule has 9 heteroatoms. The number of nitrogens with one attached hydrogen (secondary N) is 1. The Hall–Kier alpha value is -2.19. The summed E-state index contributed by atoms with van der Waals surface area (Å²) in [4.78, 5) is 12.4. The number of hydrogen-bond donors (Lipinski definition) is 1. The van der Waals surface area contributed by atoms with Gasteiger partial charge in [-0.05, 0) is 25.1 Å². The van der Waals surface area contributed by atoms with Gasteiger partial charge >= 0.3 is 6.01 Å². The number of hydrogen-bond acceptors (Lipinski definition) is 6. The van der Waals surface area contributed by atoms with E-state index < -0.39 is 0 Å². The maximum atomic E-state index is 11.9. The van der Waals surface area contributed by atoms with Crippen LogP contribution in [-0.2, 0) is 7.05 Å². The maximum absolute atomic E-state index is 11.9. The van der Waals surface area contributed by atoms with E-state index in [-0.39, 0.29) is 17.8 Å². The molecule has 0 aromatic carbocycles. The predicted molar refractivity (Wildman–Crippen MR) is 78.5 cm³/mol. The first-order chi connectivity index (χ1) is 10.0. The molecular weight excluding hydrogens is 314 g/mol. The van der Waals surface area contributed by atoms with Crippen LogP contribution in [0.25, 0.3) is 11.6 Å². The van der Waals surface area contributed by atoms with Crippen molar-refractivity contribution in [2.45, 2.75) is 6.92 Å². The molecule has 0 radical (unpaired) electrons. The monoisotopic (exact) mass is 323 g/mol. The van der Waals surface area contributed by atoms with Crippen LogP contribution in [0.3, 0.4) is 0 Å². The molecule has 21 heavy (non-hydrogen) atoms. The molecule has 1 amide bonds. The van der Waals surface area contributed by atoms with Gasteiger partial charge in [-0.25, -0.2) is 0 Å². The van der Waals surface area contributed by atoms with Gasteiger partial charge in [0.2, 0.25) is 0 Å². The molecule has 1 N–H and O–H groups in total. The van der Waals surface area contributed by atoms with Crippen molar-refractivity contribution in [3.05, 3.63) is 33.1 Å². The van der Waals surface area contributed by atoms with Crippen molar-refractivity contribution in [3.63, 3.8) is 0 Å². The molecule has 108 valence electrons. The summed E-state index contributed by atoms with van der Waals surface area (Å²) in [6, 6.07) is 5.12. The topological polar surface area (TPSA) is 85.8 Å². The van der Waals surface area contributed by atoms with Crippen LogP contribution in [0.1, 0.15) is 15.4 Å². The highest BCUT2D eigenvalue weighted by Crippen LogP contribution is 2.23. The highest BCUT2D eigenvalue weighted by Gasteiger charge is 2.16.